The number of para-hydroxylation sites is 1. The lowest BCUT2D eigenvalue weighted by Gasteiger charge is -2.51. The van der Waals surface area contributed by atoms with Gasteiger partial charge in [-0.3, -0.25) is 19.1 Å². The molecule has 2 aliphatic heterocycles. The molecule has 4 aromatic rings. The van der Waals surface area contributed by atoms with E-state index in [4.69, 9.17) is 20.8 Å². The maximum atomic E-state index is 12.9. The molecular formula is C37H43B2N11O3. The lowest BCUT2D eigenvalue weighted by Crippen LogP contribution is -2.60. The Bertz CT molecular complexity index is 2080. The number of nitrogens with one attached hydrogen (secondary N) is 4. The molecule has 270 valence electrons. The number of hydrogen-bond acceptors (Lipinski definition) is 10. The van der Waals surface area contributed by atoms with Gasteiger partial charge < -0.3 is 31.1 Å². The molecule has 0 spiro atoms. The summed E-state index contributed by atoms with van der Waals surface area (Å²) < 4.78 is 2.12. The van der Waals surface area contributed by atoms with Crippen LogP contribution in [0, 0.1) is 17.8 Å². The van der Waals surface area contributed by atoms with Crippen LogP contribution in [0.25, 0.3) is 11.1 Å². The van der Waals surface area contributed by atoms with Crippen LogP contribution in [0.3, 0.4) is 0 Å². The van der Waals surface area contributed by atoms with Crippen LogP contribution >= 0.6 is 0 Å². The normalized spacial score (nSPS) is 17.7. The number of aromatic nitrogens is 5. The second-order valence-electron chi connectivity index (χ2n) is 14.6. The van der Waals surface area contributed by atoms with E-state index >= 15 is 0 Å². The number of nitrogens with zero attached hydrogens (tertiary/aromatic N) is 7. The van der Waals surface area contributed by atoms with Gasteiger partial charge in [-0.25, -0.2) is 4.98 Å². The summed E-state index contributed by atoms with van der Waals surface area (Å²) in [7, 11) is 18.5. The lowest BCUT2D eigenvalue weighted by atomic mass is 9.57. The molecule has 14 nitrogen and oxygen atoms in total. The van der Waals surface area contributed by atoms with Crippen molar-refractivity contribution in [3.8, 4) is 11.1 Å². The summed E-state index contributed by atoms with van der Waals surface area (Å²) in [5.41, 5.74) is 5.98. The summed E-state index contributed by atoms with van der Waals surface area (Å²) in [5, 5.41) is 23.5. The second kappa shape index (κ2) is 14.0. The Morgan fingerprint density at radius 1 is 0.925 bits per heavy atom. The lowest BCUT2D eigenvalue weighted by molar-refractivity contribution is -0.117. The number of likely N-dealkylation sites (tertiary alicyclic amines) is 1. The molecule has 4 radical (unpaired) electrons. The van der Waals surface area contributed by atoms with Crippen LogP contribution in [0.2, 0.25) is 0 Å². The van der Waals surface area contributed by atoms with Crippen molar-refractivity contribution in [2.24, 2.45) is 17.8 Å². The highest BCUT2D eigenvalue weighted by molar-refractivity contribution is 6.39. The first-order valence-corrected chi connectivity index (χ1v) is 18.0. The van der Waals surface area contributed by atoms with E-state index in [9.17, 15) is 14.4 Å². The summed E-state index contributed by atoms with van der Waals surface area (Å²) >= 11 is 0. The zero-order chi connectivity index (χ0) is 37.8. The molecule has 3 amide bonds. The first kappa shape index (κ1) is 36.1. The highest BCUT2D eigenvalue weighted by Gasteiger charge is 2.44. The van der Waals surface area contributed by atoms with Gasteiger partial charge in [-0.1, -0.05) is 39.0 Å². The molecule has 5 heterocycles. The maximum absolute atomic E-state index is 12.9. The third-order valence-electron chi connectivity index (χ3n) is 10.8. The van der Waals surface area contributed by atoms with E-state index in [0.29, 0.717) is 30.4 Å². The molecule has 53 heavy (non-hydrogen) atoms. The van der Waals surface area contributed by atoms with Crippen LogP contribution in [0.15, 0.2) is 48.7 Å². The molecule has 4 N–H and O–H groups in total. The van der Waals surface area contributed by atoms with E-state index in [-0.39, 0.29) is 52.9 Å². The number of fused-ring (bicyclic) bond motifs is 3. The largest absolute Gasteiger partial charge is 0.364 e. The Kier molecular flexibility index (Phi) is 9.51. The van der Waals surface area contributed by atoms with E-state index in [1.54, 1.807) is 31.3 Å². The van der Waals surface area contributed by atoms with Crippen LogP contribution in [0.5, 0.6) is 0 Å². The monoisotopic (exact) mass is 711 g/mol. The number of amides is 3. The van der Waals surface area contributed by atoms with Gasteiger partial charge in [0, 0.05) is 63.0 Å². The highest BCUT2D eigenvalue weighted by Crippen LogP contribution is 2.52. The van der Waals surface area contributed by atoms with Gasteiger partial charge in [-0.05, 0) is 48.2 Å². The van der Waals surface area contributed by atoms with Crippen molar-refractivity contribution in [2.75, 3.05) is 49.8 Å². The van der Waals surface area contributed by atoms with Crippen molar-refractivity contribution in [1.82, 2.24) is 40.5 Å². The third kappa shape index (κ3) is 6.53. The summed E-state index contributed by atoms with van der Waals surface area (Å²) in [6.07, 6.45) is 3.63. The molecule has 3 aliphatic rings. The molecule has 1 saturated heterocycles. The minimum absolute atomic E-state index is 0.00672. The SMILES string of the molecule is [B]C([B])(c1cccc(C(=O)NC)n1)N1CC(n2ncc3c2C(C(C)C(C)C)N(C)c2c(Nc4cc(NC(=O)C5CC5)nnc4C(=O)NC)cccc2-3)C1. The van der Waals surface area contributed by atoms with Gasteiger partial charge in [0.05, 0.1) is 56.7 Å². The Morgan fingerprint density at radius 3 is 2.32 bits per heavy atom. The zero-order valence-electron chi connectivity index (χ0n) is 30.8. The van der Waals surface area contributed by atoms with E-state index in [1.807, 2.05) is 23.2 Å². The fourth-order valence-electron chi connectivity index (χ4n) is 7.24. The number of benzene rings is 1. The van der Waals surface area contributed by atoms with Crippen LogP contribution in [-0.4, -0.2) is 97.5 Å². The topological polar surface area (TPSA) is 162 Å². The van der Waals surface area contributed by atoms with Crippen molar-refractivity contribution < 1.29 is 14.4 Å². The quantitative estimate of drug-likeness (QED) is 0.170. The molecule has 16 heteroatoms. The molecule has 1 saturated carbocycles. The molecule has 1 aliphatic carbocycles. The summed E-state index contributed by atoms with van der Waals surface area (Å²) in [5.74, 6) is -0.0249. The predicted octanol–water partition coefficient (Wildman–Crippen LogP) is 3.33. The fourth-order valence-corrected chi connectivity index (χ4v) is 7.24. The number of pyridine rings is 1. The van der Waals surface area contributed by atoms with Gasteiger partial charge in [0.15, 0.2) is 11.5 Å². The van der Waals surface area contributed by atoms with Gasteiger partial charge in [-0.2, -0.15) is 5.10 Å². The Morgan fingerprint density at radius 2 is 1.64 bits per heavy atom. The molecule has 1 aromatic carbocycles. The van der Waals surface area contributed by atoms with Gasteiger partial charge >= 0.3 is 0 Å². The molecular weight excluding hydrogens is 668 g/mol. The number of rotatable bonds is 11. The number of anilines is 4. The van der Waals surface area contributed by atoms with E-state index in [2.05, 4.69) is 79.9 Å². The second-order valence-corrected chi connectivity index (χ2v) is 14.6. The molecule has 2 unspecified atom stereocenters. The smallest absolute Gasteiger partial charge is 0.273 e. The van der Waals surface area contributed by atoms with Crippen molar-refractivity contribution in [2.45, 2.75) is 51.0 Å². The summed E-state index contributed by atoms with van der Waals surface area (Å²) in [6, 6.07) is 12.7. The summed E-state index contributed by atoms with van der Waals surface area (Å²) in [4.78, 5) is 46.4. The Balaban J connectivity index is 1.23. The Hall–Kier alpha value is -5.24. The summed E-state index contributed by atoms with van der Waals surface area (Å²) in [6.45, 7) is 7.75. The minimum Gasteiger partial charge on any atom is -0.364 e. The third-order valence-corrected chi connectivity index (χ3v) is 10.8. The Labute approximate surface area is 311 Å². The van der Waals surface area contributed by atoms with Crippen LogP contribution in [-0.2, 0) is 10.1 Å². The first-order chi connectivity index (χ1) is 25.3. The molecule has 2 fully saturated rings. The van der Waals surface area contributed by atoms with Crippen LogP contribution in [0.4, 0.5) is 22.9 Å². The van der Waals surface area contributed by atoms with E-state index in [1.165, 1.54) is 7.05 Å². The average Bonchev–Trinajstić information content (AvgIpc) is 3.90. The number of carbonyl (C=O) groups is 3. The van der Waals surface area contributed by atoms with E-state index in [0.717, 1.165) is 41.0 Å². The molecule has 3 aromatic heterocycles. The van der Waals surface area contributed by atoms with Crippen molar-refractivity contribution in [3.63, 3.8) is 0 Å². The van der Waals surface area contributed by atoms with Gasteiger partial charge in [0.1, 0.15) is 5.69 Å². The van der Waals surface area contributed by atoms with E-state index < -0.39 is 11.2 Å². The van der Waals surface area contributed by atoms with Gasteiger partial charge in [0.2, 0.25) is 5.91 Å². The van der Waals surface area contributed by atoms with Crippen molar-refractivity contribution in [3.05, 3.63) is 71.4 Å². The van der Waals surface area contributed by atoms with Gasteiger partial charge in [-0.15, -0.1) is 10.2 Å². The first-order valence-electron chi connectivity index (χ1n) is 18.0. The number of hydrogen-bond donors (Lipinski definition) is 4. The molecule has 2 atom stereocenters. The minimum atomic E-state index is -1.39. The highest BCUT2D eigenvalue weighted by atomic mass is 16.2. The standard InChI is InChI=1S/C37H43B2N11O3/c1-19(2)20(3)31-33-24(16-42-50(33)22-17-49(18-22)37(38,39)28-12-8-11-26(44-28)35(52)40-4)23-9-7-10-25(32(23)48(31)6)43-27-15-29(45-34(51)21-13-14-21)46-47-30(27)36(53)41-5/h7-12,15-16,19-22,31H,13-14,17-18H2,1-6H3,(H,40,52)(H,41,53)(H2,43,45,46,51). The van der Waals surface area contributed by atoms with Crippen molar-refractivity contribution in [1.29, 1.82) is 0 Å². The predicted molar refractivity (Wildman–Crippen MR) is 204 cm³/mol. The molecule has 0 bridgehead atoms. The average molecular weight is 711 g/mol. The fraction of sp³-hybridized carbons (Fsp3) is 0.432. The van der Waals surface area contributed by atoms with Crippen molar-refractivity contribution >= 4 is 56.3 Å². The molecule has 7 rings (SSSR count). The van der Waals surface area contributed by atoms with Crippen LogP contribution < -0.4 is 26.2 Å². The zero-order valence-corrected chi connectivity index (χ0v) is 30.8. The number of carbonyl (C=O) groups excluding carboxylic acids is 3. The van der Waals surface area contributed by atoms with Gasteiger partial charge in [0.25, 0.3) is 11.8 Å². The van der Waals surface area contributed by atoms with Crippen LogP contribution in [0.1, 0.15) is 78.1 Å². The maximum Gasteiger partial charge on any atom is 0.273 e.